The Balaban J connectivity index is 1.46. The van der Waals surface area contributed by atoms with Crippen LogP contribution >= 0.6 is 0 Å². The van der Waals surface area contributed by atoms with Gasteiger partial charge in [0.15, 0.2) is 0 Å². The third-order valence-electron chi connectivity index (χ3n) is 4.47. The molecule has 0 radical (unpaired) electrons. The summed E-state index contributed by atoms with van der Waals surface area (Å²) in [4.78, 5) is 36.1. The first kappa shape index (κ1) is 16.7. The third-order valence-corrected chi connectivity index (χ3v) is 4.47. The summed E-state index contributed by atoms with van der Waals surface area (Å²) in [6, 6.07) is 17.2. The van der Waals surface area contributed by atoms with Crippen LogP contribution in [0.4, 0.5) is 5.69 Å². The molecule has 134 valence electrons. The molecule has 0 saturated carbocycles. The van der Waals surface area contributed by atoms with Crippen molar-refractivity contribution in [1.82, 2.24) is 4.90 Å². The van der Waals surface area contributed by atoms with Crippen LogP contribution in [-0.4, -0.2) is 34.8 Å². The average Bonchev–Trinajstić information content (AvgIpc) is 2.92. The maximum absolute atomic E-state index is 12.4. The second-order valence-corrected chi connectivity index (χ2v) is 6.11. The molecule has 2 amide bonds. The molecule has 1 aliphatic heterocycles. The molecule has 3 aromatic rings. The Labute approximate surface area is 153 Å². The van der Waals surface area contributed by atoms with Crippen molar-refractivity contribution in [3.63, 3.8) is 0 Å². The van der Waals surface area contributed by atoms with E-state index in [1.165, 1.54) is 12.1 Å². The number of benzene rings is 3. The fraction of sp³-hybridized carbons (Fsp3) is 0.100. The summed E-state index contributed by atoms with van der Waals surface area (Å²) in [7, 11) is 0. The van der Waals surface area contributed by atoms with Gasteiger partial charge in [0.05, 0.1) is 22.6 Å². The van der Waals surface area contributed by atoms with E-state index in [0.717, 1.165) is 21.7 Å². The standard InChI is InChI=1S/C20H14N2O5/c23-19-17-8-6-15(22(25)26)12-18(17)20(24)21(19)9-10-27-16-7-5-13-3-1-2-4-14(13)11-16/h1-8,11-12H,9-10H2. The second-order valence-electron chi connectivity index (χ2n) is 6.11. The molecule has 1 heterocycles. The fourth-order valence-electron chi connectivity index (χ4n) is 3.11. The van der Waals surface area contributed by atoms with Crippen LogP contribution in [0.1, 0.15) is 20.7 Å². The molecular formula is C20H14N2O5. The Kier molecular flexibility index (Phi) is 4.04. The van der Waals surface area contributed by atoms with Gasteiger partial charge < -0.3 is 4.74 Å². The van der Waals surface area contributed by atoms with Crippen molar-refractivity contribution < 1.29 is 19.2 Å². The van der Waals surface area contributed by atoms with Crippen molar-refractivity contribution in [2.75, 3.05) is 13.2 Å². The number of nitro benzene ring substituents is 1. The summed E-state index contributed by atoms with van der Waals surface area (Å²) >= 11 is 0. The van der Waals surface area contributed by atoms with Gasteiger partial charge in [-0.25, -0.2) is 0 Å². The SMILES string of the molecule is O=C1c2ccc([N+](=O)[O-])cc2C(=O)N1CCOc1ccc2ccccc2c1. The van der Waals surface area contributed by atoms with Gasteiger partial charge in [0.2, 0.25) is 0 Å². The van der Waals surface area contributed by atoms with Crippen LogP contribution in [0, 0.1) is 10.1 Å². The number of ether oxygens (including phenoxy) is 1. The van der Waals surface area contributed by atoms with Crippen molar-refractivity contribution in [2.24, 2.45) is 0 Å². The predicted octanol–water partition coefficient (Wildman–Crippen LogP) is 3.42. The van der Waals surface area contributed by atoms with E-state index in [2.05, 4.69) is 0 Å². The van der Waals surface area contributed by atoms with Crippen LogP contribution in [0.15, 0.2) is 60.7 Å². The third kappa shape index (κ3) is 2.99. The van der Waals surface area contributed by atoms with Gasteiger partial charge in [-0.2, -0.15) is 0 Å². The van der Waals surface area contributed by atoms with Crippen LogP contribution in [0.5, 0.6) is 5.75 Å². The molecular weight excluding hydrogens is 348 g/mol. The van der Waals surface area contributed by atoms with Gasteiger partial charge in [-0.3, -0.25) is 24.6 Å². The molecule has 0 bridgehead atoms. The van der Waals surface area contributed by atoms with E-state index in [-0.39, 0.29) is 30.0 Å². The lowest BCUT2D eigenvalue weighted by atomic mass is 10.1. The van der Waals surface area contributed by atoms with Gasteiger partial charge in [0.25, 0.3) is 17.5 Å². The highest BCUT2D eigenvalue weighted by molar-refractivity contribution is 6.21. The van der Waals surface area contributed by atoms with E-state index in [1.54, 1.807) is 0 Å². The molecule has 0 fully saturated rings. The number of nitro groups is 1. The van der Waals surface area contributed by atoms with Crippen molar-refractivity contribution in [3.05, 3.63) is 81.9 Å². The van der Waals surface area contributed by atoms with Gasteiger partial charge in [-0.05, 0) is 29.0 Å². The Morgan fingerprint density at radius 1 is 0.889 bits per heavy atom. The summed E-state index contributed by atoms with van der Waals surface area (Å²) in [5.41, 5.74) is 0.0142. The predicted molar refractivity (Wildman–Crippen MR) is 97.9 cm³/mol. The van der Waals surface area contributed by atoms with Gasteiger partial charge in [-0.1, -0.05) is 30.3 Å². The maximum atomic E-state index is 12.4. The Morgan fingerprint density at radius 3 is 2.41 bits per heavy atom. The van der Waals surface area contributed by atoms with E-state index in [4.69, 9.17) is 4.74 Å². The summed E-state index contributed by atoms with van der Waals surface area (Å²) in [6.45, 7) is 0.193. The van der Waals surface area contributed by atoms with Crippen LogP contribution < -0.4 is 4.74 Å². The van der Waals surface area contributed by atoms with Gasteiger partial charge >= 0.3 is 0 Å². The maximum Gasteiger partial charge on any atom is 0.270 e. The van der Waals surface area contributed by atoms with Crippen molar-refractivity contribution in [1.29, 1.82) is 0 Å². The molecule has 0 aromatic heterocycles. The topological polar surface area (TPSA) is 89.8 Å². The molecule has 0 aliphatic carbocycles. The zero-order chi connectivity index (χ0) is 19.0. The monoisotopic (exact) mass is 362 g/mol. The molecule has 7 heteroatoms. The minimum atomic E-state index is -0.594. The molecule has 3 aromatic carbocycles. The van der Waals surface area contributed by atoms with Crippen molar-refractivity contribution in [3.8, 4) is 5.75 Å². The number of fused-ring (bicyclic) bond motifs is 2. The molecule has 0 N–H and O–H groups in total. The lowest BCUT2D eigenvalue weighted by Crippen LogP contribution is -2.33. The van der Waals surface area contributed by atoms with E-state index in [0.29, 0.717) is 5.75 Å². The largest absolute Gasteiger partial charge is 0.492 e. The summed E-state index contributed by atoms with van der Waals surface area (Å²) in [6.07, 6.45) is 0. The Hall–Kier alpha value is -3.74. The van der Waals surface area contributed by atoms with Crippen molar-refractivity contribution >= 4 is 28.3 Å². The minimum Gasteiger partial charge on any atom is -0.492 e. The van der Waals surface area contributed by atoms with Crippen LogP contribution in [0.3, 0.4) is 0 Å². The number of imide groups is 1. The van der Waals surface area contributed by atoms with Gasteiger partial charge in [0, 0.05) is 12.1 Å². The summed E-state index contributed by atoms with van der Waals surface area (Å²) < 4.78 is 5.68. The molecule has 0 atom stereocenters. The first-order valence-electron chi connectivity index (χ1n) is 8.31. The number of carbonyl (C=O) groups is 2. The highest BCUT2D eigenvalue weighted by Crippen LogP contribution is 2.27. The highest BCUT2D eigenvalue weighted by Gasteiger charge is 2.36. The minimum absolute atomic E-state index is 0.0555. The summed E-state index contributed by atoms with van der Waals surface area (Å²) in [5, 5.41) is 13.0. The lowest BCUT2D eigenvalue weighted by molar-refractivity contribution is -0.384. The van der Waals surface area contributed by atoms with Gasteiger partial charge in [0.1, 0.15) is 12.4 Å². The van der Waals surface area contributed by atoms with E-state index in [1.807, 2.05) is 42.5 Å². The van der Waals surface area contributed by atoms with E-state index >= 15 is 0 Å². The molecule has 4 rings (SSSR count). The first-order valence-corrected chi connectivity index (χ1v) is 8.31. The molecule has 0 unspecified atom stereocenters. The van der Waals surface area contributed by atoms with Crippen LogP contribution in [0.2, 0.25) is 0 Å². The Bertz CT molecular complexity index is 1090. The molecule has 1 aliphatic rings. The van der Waals surface area contributed by atoms with E-state index in [9.17, 15) is 19.7 Å². The fourth-order valence-corrected chi connectivity index (χ4v) is 3.11. The average molecular weight is 362 g/mol. The summed E-state index contributed by atoms with van der Waals surface area (Å²) in [5.74, 6) is -0.367. The van der Waals surface area contributed by atoms with Gasteiger partial charge in [-0.15, -0.1) is 0 Å². The smallest absolute Gasteiger partial charge is 0.270 e. The number of non-ortho nitro benzene ring substituents is 1. The van der Waals surface area contributed by atoms with Crippen molar-refractivity contribution in [2.45, 2.75) is 0 Å². The quantitative estimate of drug-likeness (QED) is 0.394. The first-order chi connectivity index (χ1) is 13.0. The normalized spacial score (nSPS) is 13.1. The number of rotatable bonds is 5. The van der Waals surface area contributed by atoms with Crippen LogP contribution in [-0.2, 0) is 0 Å². The lowest BCUT2D eigenvalue weighted by Gasteiger charge is -2.14. The number of nitrogens with zero attached hydrogens (tertiary/aromatic N) is 2. The molecule has 7 nitrogen and oxygen atoms in total. The van der Waals surface area contributed by atoms with Crippen LogP contribution in [0.25, 0.3) is 10.8 Å². The second kappa shape index (κ2) is 6.53. The zero-order valence-corrected chi connectivity index (χ0v) is 14.1. The number of carbonyl (C=O) groups excluding carboxylic acids is 2. The molecule has 0 spiro atoms. The molecule has 0 saturated heterocycles. The highest BCUT2D eigenvalue weighted by atomic mass is 16.6. The Morgan fingerprint density at radius 2 is 1.63 bits per heavy atom. The number of amides is 2. The zero-order valence-electron chi connectivity index (χ0n) is 14.1. The number of hydrogen-bond acceptors (Lipinski definition) is 5. The molecule has 27 heavy (non-hydrogen) atoms. The number of hydrogen-bond donors (Lipinski definition) is 0. The van der Waals surface area contributed by atoms with E-state index < -0.39 is 16.7 Å².